The third-order valence-electron chi connectivity index (χ3n) is 3.02. The van der Waals surface area contributed by atoms with Crippen LogP contribution in [0.2, 0.25) is 0 Å². The average molecular weight is 324 g/mol. The van der Waals surface area contributed by atoms with Crippen LogP contribution in [0.4, 0.5) is 19.1 Å². The molecule has 10 heteroatoms. The van der Waals surface area contributed by atoms with E-state index >= 15 is 0 Å². The van der Waals surface area contributed by atoms with Crippen molar-refractivity contribution in [3.63, 3.8) is 0 Å². The number of nitrogens with zero attached hydrogens (tertiary/aromatic N) is 3. The van der Waals surface area contributed by atoms with Crippen molar-refractivity contribution in [1.29, 1.82) is 0 Å². The van der Waals surface area contributed by atoms with E-state index < -0.39 is 21.9 Å². The van der Waals surface area contributed by atoms with Crippen molar-refractivity contribution in [1.82, 2.24) is 14.7 Å². The maximum atomic E-state index is 12.6. The molecule has 6 nitrogen and oxygen atoms in total. The van der Waals surface area contributed by atoms with E-state index in [2.05, 4.69) is 14.7 Å². The van der Waals surface area contributed by atoms with Crippen LogP contribution in [0.25, 0.3) is 0 Å². The lowest BCUT2D eigenvalue weighted by atomic mass is 10.1. The summed E-state index contributed by atoms with van der Waals surface area (Å²) in [5.74, 6) is -0.0372. The first-order valence-electron chi connectivity index (χ1n) is 6.27. The second kappa shape index (κ2) is 5.76. The number of nitrogens with one attached hydrogen (secondary N) is 1. The molecule has 0 saturated carbocycles. The number of hydrogen-bond acceptors (Lipinski definition) is 5. The van der Waals surface area contributed by atoms with Gasteiger partial charge in [0.2, 0.25) is 16.0 Å². The SMILES string of the molecule is CS(=O)(=O)NC1CCCN(c2nccc(C(F)(F)F)n2)C1. The first kappa shape index (κ1) is 16.0. The predicted octanol–water partition coefficient (Wildman–Crippen LogP) is 1.01. The van der Waals surface area contributed by atoms with E-state index in [1.165, 1.54) is 0 Å². The molecule has 0 amide bonds. The molecule has 1 unspecified atom stereocenters. The van der Waals surface area contributed by atoms with Gasteiger partial charge in [-0.05, 0) is 18.9 Å². The number of hydrogen-bond donors (Lipinski definition) is 1. The maximum absolute atomic E-state index is 12.6. The Bertz CT molecular complexity index is 606. The van der Waals surface area contributed by atoms with Crippen molar-refractivity contribution >= 4 is 16.0 Å². The fraction of sp³-hybridized carbons (Fsp3) is 0.636. The Hall–Kier alpha value is -1.42. The lowest BCUT2D eigenvalue weighted by Gasteiger charge is -2.32. The first-order chi connectivity index (χ1) is 9.65. The Labute approximate surface area is 120 Å². The van der Waals surface area contributed by atoms with E-state index in [9.17, 15) is 21.6 Å². The van der Waals surface area contributed by atoms with Gasteiger partial charge in [-0.25, -0.2) is 23.1 Å². The second-order valence-corrected chi connectivity index (χ2v) is 6.69. The minimum atomic E-state index is -4.53. The zero-order valence-corrected chi connectivity index (χ0v) is 12.1. The second-order valence-electron chi connectivity index (χ2n) is 4.91. The lowest BCUT2D eigenvalue weighted by Crippen LogP contribution is -2.48. The molecule has 1 aliphatic heterocycles. The summed E-state index contributed by atoms with van der Waals surface area (Å²) in [7, 11) is -3.36. The van der Waals surface area contributed by atoms with Crippen LogP contribution in [0.1, 0.15) is 18.5 Å². The molecule has 0 aliphatic carbocycles. The third-order valence-corrected chi connectivity index (χ3v) is 3.78. The number of sulfonamides is 1. The molecule has 1 N–H and O–H groups in total. The Morgan fingerprint density at radius 3 is 2.76 bits per heavy atom. The molecule has 0 radical (unpaired) electrons. The Balaban J connectivity index is 2.15. The van der Waals surface area contributed by atoms with E-state index in [1.807, 2.05) is 0 Å². The molecule has 1 saturated heterocycles. The van der Waals surface area contributed by atoms with Gasteiger partial charge < -0.3 is 4.90 Å². The van der Waals surface area contributed by atoms with Crippen LogP contribution >= 0.6 is 0 Å². The van der Waals surface area contributed by atoms with Crippen molar-refractivity contribution in [2.45, 2.75) is 25.1 Å². The molecule has 1 atom stereocenters. The molecular formula is C11H15F3N4O2S. The normalized spacial score (nSPS) is 20.6. The molecule has 0 aromatic carbocycles. The molecule has 118 valence electrons. The van der Waals surface area contributed by atoms with Gasteiger partial charge in [0.05, 0.1) is 6.26 Å². The molecule has 0 bridgehead atoms. The van der Waals surface area contributed by atoms with Gasteiger partial charge in [-0.1, -0.05) is 0 Å². The maximum Gasteiger partial charge on any atom is 0.433 e. The average Bonchev–Trinajstić information content (AvgIpc) is 2.36. The van der Waals surface area contributed by atoms with Crippen LogP contribution in [0.3, 0.4) is 0 Å². The van der Waals surface area contributed by atoms with Crippen molar-refractivity contribution in [3.05, 3.63) is 18.0 Å². The van der Waals surface area contributed by atoms with Gasteiger partial charge in [-0.15, -0.1) is 0 Å². The van der Waals surface area contributed by atoms with E-state index in [4.69, 9.17) is 0 Å². The summed E-state index contributed by atoms with van der Waals surface area (Å²) >= 11 is 0. The topological polar surface area (TPSA) is 75.2 Å². The fourth-order valence-electron chi connectivity index (χ4n) is 2.22. The van der Waals surface area contributed by atoms with Gasteiger partial charge in [0.25, 0.3) is 0 Å². The highest BCUT2D eigenvalue weighted by Crippen LogP contribution is 2.28. The highest BCUT2D eigenvalue weighted by molar-refractivity contribution is 7.88. The molecule has 1 aromatic rings. The number of piperidine rings is 1. The van der Waals surface area contributed by atoms with E-state index in [0.29, 0.717) is 19.4 Å². The monoisotopic (exact) mass is 324 g/mol. The Kier molecular flexibility index (Phi) is 4.38. The number of rotatable bonds is 3. The van der Waals surface area contributed by atoms with Crippen LogP contribution in [0.15, 0.2) is 12.3 Å². The van der Waals surface area contributed by atoms with Crippen LogP contribution < -0.4 is 9.62 Å². The summed E-state index contributed by atoms with van der Waals surface area (Å²) in [5, 5.41) is 0. The molecular weight excluding hydrogens is 309 g/mol. The van der Waals surface area contributed by atoms with Gasteiger partial charge in [0, 0.05) is 25.3 Å². The lowest BCUT2D eigenvalue weighted by molar-refractivity contribution is -0.141. The molecule has 0 spiro atoms. The van der Waals surface area contributed by atoms with Gasteiger partial charge in [-0.3, -0.25) is 0 Å². The number of alkyl halides is 3. The Morgan fingerprint density at radius 2 is 2.14 bits per heavy atom. The smallest absolute Gasteiger partial charge is 0.339 e. The van der Waals surface area contributed by atoms with E-state index in [1.54, 1.807) is 4.90 Å². The zero-order chi connectivity index (χ0) is 15.7. The van der Waals surface area contributed by atoms with Gasteiger partial charge in [0.1, 0.15) is 5.69 Å². The highest BCUT2D eigenvalue weighted by atomic mass is 32.2. The molecule has 2 heterocycles. The van der Waals surface area contributed by atoms with Crippen molar-refractivity contribution in [2.24, 2.45) is 0 Å². The van der Waals surface area contributed by atoms with Crippen LogP contribution in [0.5, 0.6) is 0 Å². The number of aromatic nitrogens is 2. The summed E-state index contributed by atoms with van der Waals surface area (Å²) in [6.07, 6.45) is -1.15. The van der Waals surface area contributed by atoms with E-state index in [0.717, 1.165) is 18.5 Å². The standard InChI is InChI=1S/C11H15F3N4O2S/c1-21(19,20)17-8-3-2-6-18(7-8)10-15-5-4-9(16-10)11(12,13)14/h4-5,8,17H,2-3,6-7H2,1H3. The summed E-state index contributed by atoms with van der Waals surface area (Å²) < 4.78 is 62.8. The summed E-state index contributed by atoms with van der Waals surface area (Å²) in [6.45, 7) is 0.734. The van der Waals surface area contributed by atoms with Crippen molar-refractivity contribution in [2.75, 3.05) is 24.2 Å². The molecule has 1 aromatic heterocycles. The molecule has 2 rings (SSSR count). The summed E-state index contributed by atoms with van der Waals surface area (Å²) in [4.78, 5) is 8.91. The Morgan fingerprint density at radius 1 is 1.43 bits per heavy atom. The number of halogens is 3. The van der Waals surface area contributed by atoms with Crippen molar-refractivity contribution < 1.29 is 21.6 Å². The van der Waals surface area contributed by atoms with Crippen LogP contribution in [-0.2, 0) is 16.2 Å². The first-order valence-corrected chi connectivity index (χ1v) is 8.17. The molecule has 1 aliphatic rings. The number of anilines is 1. The zero-order valence-electron chi connectivity index (χ0n) is 11.3. The third kappa shape index (κ3) is 4.53. The van der Waals surface area contributed by atoms with Crippen LogP contribution in [-0.4, -0.2) is 43.8 Å². The summed E-state index contributed by atoms with van der Waals surface area (Å²) in [5.41, 5.74) is -1.01. The highest BCUT2D eigenvalue weighted by Gasteiger charge is 2.33. The predicted molar refractivity (Wildman–Crippen MR) is 70.2 cm³/mol. The molecule has 21 heavy (non-hydrogen) atoms. The largest absolute Gasteiger partial charge is 0.433 e. The molecule has 1 fully saturated rings. The van der Waals surface area contributed by atoms with Gasteiger partial charge in [0.15, 0.2) is 0 Å². The minimum Gasteiger partial charge on any atom is -0.339 e. The minimum absolute atomic E-state index is 0.0372. The van der Waals surface area contributed by atoms with Crippen LogP contribution in [0, 0.1) is 0 Å². The fourth-order valence-corrected chi connectivity index (χ4v) is 3.01. The van der Waals surface area contributed by atoms with Crippen molar-refractivity contribution in [3.8, 4) is 0 Å². The van der Waals surface area contributed by atoms with Gasteiger partial charge in [-0.2, -0.15) is 13.2 Å². The summed E-state index contributed by atoms with van der Waals surface area (Å²) in [6, 6.07) is 0.451. The quantitative estimate of drug-likeness (QED) is 0.898. The van der Waals surface area contributed by atoms with E-state index in [-0.39, 0.29) is 18.5 Å². The van der Waals surface area contributed by atoms with Gasteiger partial charge >= 0.3 is 6.18 Å².